The minimum Gasteiger partial charge on any atom is -0.450 e. The Bertz CT molecular complexity index is 465. The van der Waals surface area contributed by atoms with Crippen LogP contribution in [0.15, 0.2) is 4.99 Å². The number of carbonyl (C=O) groups is 1. The molecule has 2 fully saturated rings. The second kappa shape index (κ2) is 12.0. The molecule has 2 aliphatic heterocycles. The summed E-state index contributed by atoms with van der Waals surface area (Å²) >= 11 is 0. The molecule has 0 unspecified atom stereocenters. The first-order valence-electron chi connectivity index (χ1n) is 10.5. The number of guanidine groups is 1. The Morgan fingerprint density at radius 3 is 2.59 bits per heavy atom. The molecule has 0 saturated carbocycles. The molecule has 0 bridgehead atoms. The van der Waals surface area contributed by atoms with Gasteiger partial charge in [0.15, 0.2) is 5.96 Å². The molecule has 0 aromatic carbocycles. The van der Waals surface area contributed by atoms with Crippen molar-refractivity contribution in [3.63, 3.8) is 0 Å². The Morgan fingerprint density at radius 1 is 1.11 bits per heavy atom. The van der Waals surface area contributed by atoms with E-state index in [0.29, 0.717) is 12.6 Å². The van der Waals surface area contributed by atoms with Crippen molar-refractivity contribution in [2.24, 2.45) is 4.99 Å². The van der Waals surface area contributed by atoms with E-state index in [4.69, 9.17) is 9.73 Å². The maximum Gasteiger partial charge on any atom is 0.409 e. The zero-order valence-electron chi connectivity index (χ0n) is 17.4. The molecule has 0 spiro atoms. The van der Waals surface area contributed by atoms with E-state index in [0.717, 1.165) is 71.2 Å². The molecule has 0 atom stereocenters. The van der Waals surface area contributed by atoms with E-state index in [2.05, 4.69) is 34.4 Å². The van der Waals surface area contributed by atoms with Crippen LogP contribution >= 0.6 is 0 Å². The van der Waals surface area contributed by atoms with Gasteiger partial charge >= 0.3 is 6.09 Å². The Morgan fingerprint density at radius 2 is 1.89 bits per heavy atom. The number of nitrogens with one attached hydrogen (secondary N) is 2. The monoisotopic (exact) mass is 382 g/mol. The van der Waals surface area contributed by atoms with Crippen LogP contribution < -0.4 is 10.6 Å². The first-order chi connectivity index (χ1) is 13.1. The molecule has 0 aliphatic carbocycles. The highest BCUT2D eigenvalue weighted by atomic mass is 16.6. The molecule has 2 aliphatic rings. The van der Waals surface area contributed by atoms with Gasteiger partial charge < -0.3 is 30.1 Å². The standard InChI is InChI=1S/C19H38N6O2/c1-4-20-18(21-9-14-24-11-6-10-23(3)15-16-24)22-17-7-12-25(13-8-17)19(26)27-5-2/h17H,4-16H2,1-3H3,(H2,20,21,22). The number of rotatable bonds is 6. The first-order valence-corrected chi connectivity index (χ1v) is 10.5. The summed E-state index contributed by atoms with van der Waals surface area (Å²) in [7, 11) is 2.20. The van der Waals surface area contributed by atoms with Gasteiger partial charge in [0.25, 0.3) is 0 Å². The van der Waals surface area contributed by atoms with Gasteiger partial charge in [0.1, 0.15) is 0 Å². The number of nitrogens with zero attached hydrogens (tertiary/aromatic N) is 4. The lowest BCUT2D eigenvalue weighted by Crippen LogP contribution is -2.50. The smallest absolute Gasteiger partial charge is 0.409 e. The van der Waals surface area contributed by atoms with Gasteiger partial charge in [-0.25, -0.2) is 4.79 Å². The van der Waals surface area contributed by atoms with Crippen LogP contribution in [-0.2, 0) is 4.74 Å². The average molecular weight is 383 g/mol. The Kier molecular flexibility index (Phi) is 9.69. The largest absolute Gasteiger partial charge is 0.450 e. The number of piperidine rings is 1. The maximum absolute atomic E-state index is 11.8. The van der Waals surface area contributed by atoms with Gasteiger partial charge in [-0.3, -0.25) is 4.99 Å². The summed E-state index contributed by atoms with van der Waals surface area (Å²) in [6.07, 6.45) is 2.88. The number of aliphatic imine (C=N–C) groups is 1. The summed E-state index contributed by atoms with van der Waals surface area (Å²) in [4.78, 5) is 23.3. The number of likely N-dealkylation sites (N-methyl/N-ethyl adjacent to an activating group) is 1. The van der Waals surface area contributed by atoms with Crippen LogP contribution in [0.25, 0.3) is 0 Å². The van der Waals surface area contributed by atoms with Crippen LogP contribution in [0.3, 0.4) is 0 Å². The Hall–Kier alpha value is -1.54. The van der Waals surface area contributed by atoms with Gasteiger partial charge in [0, 0.05) is 45.3 Å². The summed E-state index contributed by atoms with van der Waals surface area (Å²) in [5.74, 6) is 0.888. The van der Waals surface area contributed by atoms with Crippen LogP contribution in [-0.4, -0.2) is 105 Å². The highest BCUT2D eigenvalue weighted by Gasteiger charge is 2.24. The topological polar surface area (TPSA) is 72.4 Å². The maximum atomic E-state index is 11.8. The number of hydrogen-bond donors (Lipinski definition) is 2. The van der Waals surface area contributed by atoms with E-state index in [1.54, 1.807) is 4.90 Å². The number of hydrogen-bond acceptors (Lipinski definition) is 5. The van der Waals surface area contributed by atoms with E-state index < -0.39 is 0 Å². The van der Waals surface area contributed by atoms with Crippen molar-refractivity contribution in [3.05, 3.63) is 0 Å². The van der Waals surface area contributed by atoms with E-state index in [1.165, 1.54) is 13.0 Å². The Balaban J connectivity index is 1.74. The van der Waals surface area contributed by atoms with Crippen molar-refractivity contribution in [2.75, 3.05) is 72.6 Å². The minimum atomic E-state index is -0.195. The van der Waals surface area contributed by atoms with Crippen molar-refractivity contribution < 1.29 is 9.53 Å². The second-order valence-electron chi connectivity index (χ2n) is 7.36. The van der Waals surface area contributed by atoms with Gasteiger partial charge in [0.05, 0.1) is 13.2 Å². The van der Waals surface area contributed by atoms with Gasteiger partial charge in [-0.1, -0.05) is 0 Å². The van der Waals surface area contributed by atoms with Crippen molar-refractivity contribution in [2.45, 2.75) is 39.2 Å². The van der Waals surface area contributed by atoms with Crippen LogP contribution in [0.4, 0.5) is 4.79 Å². The predicted octanol–water partition coefficient (Wildman–Crippen LogP) is 0.800. The lowest BCUT2D eigenvalue weighted by Gasteiger charge is -2.32. The second-order valence-corrected chi connectivity index (χ2v) is 7.36. The van der Waals surface area contributed by atoms with Crippen molar-refractivity contribution in [3.8, 4) is 0 Å². The van der Waals surface area contributed by atoms with Crippen molar-refractivity contribution >= 4 is 12.1 Å². The van der Waals surface area contributed by atoms with Crippen LogP contribution in [0.2, 0.25) is 0 Å². The molecule has 2 N–H and O–H groups in total. The molecular weight excluding hydrogens is 344 g/mol. The van der Waals surface area contributed by atoms with Gasteiger partial charge in [-0.2, -0.15) is 0 Å². The normalized spacial score (nSPS) is 21.0. The summed E-state index contributed by atoms with van der Waals surface area (Å²) in [5.41, 5.74) is 0. The summed E-state index contributed by atoms with van der Waals surface area (Å²) in [6, 6.07) is 0.348. The van der Waals surface area contributed by atoms with Crippen LogP contribution in [0, 0.1) is 0 Å². The zero-order chi connectivity index (χ0) is 19.5. The molecule has 8 nitrogen and oxygen atoms in total. The van der Waals surface area contributed by atoms with Crippen LogP contribution in [0.1, 0.15) is 33.1 Å². The first kappa shape index (κ1) is 21.8. The van der Waals surface area contributed by atoms with Gasteiger partial charge in [-0.05, 0) is 53.2 Å². The lowest BCUT2D eigenvalue weighted by molar-refractivity contribution is 0.0963. The molecule has 2 heterocycles. The third-order valence-corrected chi connectivity index (χ3v) is 5.20. The molecule has 156 valence electrons. The highest BCUT2D eigenvalue weighted by molar-refractivity contribution is 5.80. The number of likely N-dealkylation sites (tertiary alicyclic amines) is 1. The molecule has 0 aromatic heterocycles. The average Bonchev–Trinajstić information content (AvgIpc) is 2.87. The third-order valence-electron chi connectivity index (χ3n) is 5.20. The fourth-order valence-electron chi connectivity index (χ4n) is 3.56. The molecule has 27 heavy (non-hydrogen) atoms. The molecular formula is C19H38N6O2. The zero-order valence-corrected chi connectivity index (χ0v) is 17.4. The minimum absolute atomic E-state index is 0.195. The number of ether oxygens (including phenoxy) is 1. The van der Waals surface area contributed by atoms with Gasteiger partial charge in [-0.15, -0.1) is 0 Å². The van der Waals surface area contributed by atoms with E-state index in [9.17, 15) is 4.79 Å². The molecule has 2 rings (SSSR count). The summed E-state index contributed by atoms with van der Waals surface area (Å²) in [5, 5.41) is 6.89. The predicted molar refractivity (Wildman–Crippen MR) is 109 cm³/mol. The van der Waals surface area contributed by atoms with Crippen LogP contribution in [0.5, 0.6) is 0 Å². The molecule has 0 aromatic rings. The fraction of sp³-hybridized carbons (Fsp3) is 0.895. The molecule has 0 radical (unpaired) electrons. The van der Waals surface area contributed by atoms with E-state index in [-0.39, 0.29) is 6.09 Å². The number of amides is 1. The molecule has 8 heteroatoms. The Labute approximate surface area is 164 Å². The summed E-state index contributed by atoms with van der Waals surface area (Å²) < 4.78 is 5.09. The van der Waals surface area contributed by atoms with E-state index >= 15 is 0 Å². The molecule has 1 amide bonds. The molecule has 2 saturated heterocycles. The third kappa shape index (κ3) is 7.92. The van der Waals surface area contributed by atoms with Gasteiger partial charge in [0.2, 0.25) is 0 Å². The van der Waals surface area contributed by atoms with Crippen molar-refractivity contribution in [1.29, 1.82) is 0 Å². The SMILES string of the molecule is CCNC(=NCCN1CCCN(C)CC1)NC1CCN(C(=O)OCC)CC1. The fourth-order valence-corrected chi connectivity index (χ4v) is 3.56. The quantitative estimate of drug-likeness (QED) is 0.523. The number of carbonyl (C=O) groups excluding carboxylic acids is 1. The van der Waals surface area contributed by atoms with Crippen molar-refractivity contribution in [1.82, 2.24) is 25.3 Å². The summed E-state index contributed by atoms with van der Waals surface area (Å²) in [6.45, 7) is 13.1. The van der Waals surface area contributed by atoms with E-state index in [1.807, 2.05) is 6.92 Å². The lowest BCUT2D eigenvalue weighted by atomic mass is 10.1. The highest BCUT2D eigenvalue weighted by Crippen LogP contribution is 2.11.